The van der Waals surface area contributed by atoms with Gasteiger partial charge in [-0.1, -0.05) is 128 Å². The van der Waals surface area contributed by atoms with Crippen LogP contribution in [0, 0.1) is 5.92 Å². The van der Waals surface area contributed by atoms with Crippen molar-refractivity contribution in [3.63, 3.8) is 0 Å². The number of nitrogens with one attached hydrogen (secondary N) is 1. The number of aliphatic hydroxyl groups excluding tert-OH is 3. The summed E-state index contributed by atoms with van der Waals surface area (Å²) in [6.07, 6.45) is -13.4. The van der Waals surface area contributed by atoms with Crippen LogP contribution in [0.1, 0.15) is 43.0 Å². The summed E-state index contributed by atoms with van der Waals surface area (Å²) in [5, 5.41) is 34.8. The fourth-order valence-electron chi connectivity index (χ4n) is 8.59. The summed E-state index contributed by atoms with van der Waals surface area (Å²) in [5.74, 6) is -0.454. The van der Waals surface area contributed by atoms with Crippen molar-refractivity contribution >= 4 is 6.09 Å². The van der Waals surface area contributed by atoms with Gasteiger partial charge in [-0.15, -0.1) is 0 Å². The molecule has 3 aliphatic rings. The van der Waals surface area contributed by atoms with Crippen molar-refractivity contribution in [2.24, 2.45) is 5.92 Å². The molecule has 3 heterocycles. The Bertz CT molecular complexity index is 1990. The molecule has 4 aromatic carbocycles. The summed E-state index contributed by atoms with van der Waals surface area (Å²) in [5.41, 5.74) is 3.88. The van der Waals surface area contributed by atoms with Gasteiger partial charge in [0.05, 0.1) is 65.1 Å². The molecule has 0 saturated carbocycles. The van der Waals surface area contributed by atoms with Gasteiger partial charge in [0, 0.05) is 5.92 Å². The molecule has 0 spiro atoms. The lowest BCUT2D eigenvalue weighted by Gasteiger charge is -2.51. The normalized spacial score (nSPS) is 32.7. The number of carbonyl (C=O) groups is 1. The van der Waals surface area contributed by atoms with E-state index in [4.69, 9.17) is 47.4 Å². The lowest BCUT2D eigenvalue weighted by Crippen LogP contribution is -2.68. The molecule has 6 unspecified atom stereocenters. The highest BCUT2D eigenvalue weighted by Gasteiger charge is 2.54. The Kier molecular flexibility index (Phi) is 17.9. The number of aliphatic hydroxyl groups is 3. The molecule has 15 nitrogen and oxygen atoms in total. The predicted octanol–water partition coefficient (Wildman–Crippen LogP) is 5.06. The maximum absolute atomic E-state index is 12.6. The second kappa shape index (κ2) is 23.9. The Labute approximate surface area is 380 Å². The number of ether oxygens (including phenoxy) is 10. The second-order valence-electron chi connectivity index (χ2n) is 16.8. The first-order chi connectivity index (χ1) is 31.6. The average molecular weight is 902 g/mol. The van der Waals surface area contributed by atoms with Crippen molar-refractivity contribution in [1.29, 1.82) is 0 Å². The van der Waals surface area contributed by atoms with E-state index in [2.05, 4.69) is 5.32 Å². The number of methoxy groups -OCH3 is 1. The van der Waals surface area contributed by atoms with Crippen molar-refractivity contribution in [2.45, 2.75) is 133 Å². The van der Waals surface area contributed by atoms with Crippen LogP contribution in [0.25, 0.3) is 0 Å². The van der Waals surface area contributed by atoms with E-state index in [0.717, 1.165) is 22.3 Å². The highest BCUT2D eigenvalue weighted by atomic mass is 16.7. The quantitative estimate of drug-likeness (QED) is 0.0981. The number of alkyl carbamates (subject to hydrolysis) is 1. The average Bonchev–Trinajstić information content (AvgIpc) is 3.33. The standard InChI is InChI=1S/C50H63NO14/c1-31-43(58-27-35-19-11-6-12-20-35)46(60-29-37-23-15-8-16-24-37)39(30-57-26-34-17-9-5-10-18-34)63-48(31)65-47-44(59-28-36-21-13-7-14-22-36)32(2)61-33(3)45(47)64-49-40(51-50(55)56-4)42(54)41(53)38(25-52)62-49/h5-24,31-33,38-49,52-54H,25-30H2,1-4H3,(H,51,55)/t31?,32?,33-,38?,39+,40?,41-,42+,43?,44-,45?,46+,47+,48+,49-/m0/s1. The minimum atomic E-state index is -1.61. The summed E-state index contributed by atoms with van der Waals surface area (Å²) in [7, 11) is 1.17. The molecule has 4 N–H and O–H groups in total. The van der Waals surface area contributed by atoms with E-state index in [0.29, 0.717) is 19.8 Å². The zero-order chi connectivity index (χ0) is 45.7. The van der Waals surface area contributed by atoms with Crippen LogP contribution in [0.5, 0.6) is 0 Å². The van der Waals surface area contributed by atoms with Crippen LogP contribution in [0.4, 0.5) is 4.79 Å². The van der Waals surface area contributed by atoms with Gasteiger partial charge in [0.25, 0.3) is 0 Å². The summed E-state index contributed by atoms with van der Waals surface area (Å²) < 4.78 is 64.9. The molecular weight excluding hydrogens is 839 g/mol. The van der Waals surface area contributed by atoms with Gasteiger partial charge in [-0.2, -0.15) is 0 Å². The summed E-state index contributed by atoms with van der Waals surface area (Å²) in [6, 6.07) is 38.1. The van der Waals surface area contributed by atoms with Crippen LogP contribution in [-0.2, 0) is 73.8 Å². The summed E-state index contributed by atoms with van der Waals surface area (Å²) in [4.78, 5) is 12.6. The maximum atomic E-state index is 12.6. The number of carbonyl (C=O) groups excluding carboxylic acids is 1. The molecule has 1 amide bonds. The number of hydrogen-bond donors (Lipinski definition) is 4. The third-order valence-electron chi connectivity index (χ3n) is 12.1. The smallest absolute Gasteiger partial charge is 0.407 e. The molecule has 352 valence electrons. The van der Waals surface area contributed by atoms with Crippen molar-refractivity contribution in [2.75, 3.05) is 20.3 Å². The largest absolute Gasteiger partial charge is 0.453 e. The monoisotopic (exact) mass is 901 g/mol. The van der Waals surface area contributed by atoms with Crippen molar-refractivity contribution in [1.82, 2.24) is 5.32 Å². The van der Waals surface area contributed by atoms with Crippen molar-refractivity contribution in [3.8, 4) is 0 Å². The van der Waals surface area contributed by atoms with Crippen LogP contribution >= 0.6 is 0 Å². The minimum Gasteiger partial charge on any atom is -0.453 e. The zero-order valence-electron chi connectivity index (χ0n) is 37.3. The molecule has 0 bridgehead atoms. The molecule has 65 heavy (non-hydrogen) atoms. The minimum absolute atomic E-state index is 0.139. The van der Waals surface area contributed by atoms with E-state index in [9.17, 15) is 20.1 Å². The molecule has 4 aromatic rings. The maximum Gasteiger partial charge on any atom is 0.407 e. The molecule has 3 aliphatic heterocycles. The molecular formula is C50H63NO14. The third-order valence-corrected chi connectivity index (χ3v) is 12.1. The SMILES string of the molecule is COC(=O)NC1[C@H](OC2[C@H](C)OC(C)[C@H](OCc3ccccc3)[C@H]2O[C@H]2O[C@H](COCc3ccccc3)[C@@H](OCc3ccccc3)C(OCc3ccccc3)C2C)OC(CO)[C@H](O)[C@@H]1O. The summed E-state index contributed by atoms with van der Waals surface area (Å²) in [6.45, 7) is 6.33. The van der Waals surface area contributed by atoms with Gasteiger partial charge < -0.3 is 68.0 Å². The van der Waals surface area contributed by atoms with Crippen LogP contribution < -0.4 is 5.32 Å². The molecule has 15 atom stereocenters. The first-order valence-corrected chi connectivity index (χ1v) is 22.3. The van der Waals surface area contributed by atoms with E-state index < -0.39 is 104 Å². The Morgan fingerprint density at radius 2 is 1.02 bits per heavy atom. The van der Waals surface area contributed by atoms with Crippen LogP contribution in [0.15, 0.2) is 121 Å². The third kappa shape index (κ3) is 12.8. The van der Waals surface area contributed by atoms with Crippen LogP contribution in [-0.4, -0.2) is 128 Å². The molecule has 15 heteroatoms. The number of hydrogen-bond acceptors (Lipinski definition) is 14. The van der Waals surface area contributed by atoms with E-state index in [1.807, 2.05) is 142 Å². The van der Waals surface area contributed by atoms with Gasteiger partial charge in [-0.25, -0.2) is 4.79 Å². The van der Waals surface area contributed by atoms with Crippen molar-refractivity contribution < 1.29 is 67.5 Å². The zero-order valence-corrected chi connectivity index (χ0v) is 37.3. The van der Waals surface area contributed by atoms with Gasteiger partial charge in [0.15, 0.2) is 12.6 Å². The van der Waals surface area contributed by atoms with Gasteiger partial charge >= 0.3 is 6.09 Å². The molecule has 3 saturated heterocycles. The Hall–Kier alpha value is -4.33. The Morgan fingerprint density at radius 3 is 1.54 bits per heavy atom. The molecule has 3 fully saturated rings. The first kappa shape index (κ1) is 48.6. The molecule has 0 aliphatic carbocycles. The lowest BCUT2D eigenvalue weighted by atomic mass is 9.90. The van der Waals surface area contributed by atoms with E-state index >= 15 is 0 Å². The number of rotatable bonds is 19. The van der Waals surface area contributed by atoms with Gasteiger partial charge in [0.1, 0.15) is 54.9 Å². The van der Waals surface area contributed by atoms with Crippen LogP contribution in [0.3, 0.4) is 0 Å². The topological polar surface area (TPSA) is 182 Å². The molecule has 0 aromatic heterocycles. The highest BCUT2D eigenvalue weighted by Crippen LogP contribution is 2.38. The van der Waals surface area contributed by atoms with E-state index in [1.165, 1.54) is 7.11 Å². The van der Waals surface area contributed by atoms with E-state index in [-0.39, 0.29) is 13.2 Å². The Morgan fingerprint density at radius 1 is 0.554 bits per heavy atom. The lowest BCUT2D eigenvalue weighted by molar-refractivity contribution is -0.362. The fourth-order valence-corrected chi connectivity index (χ4v) is 8.59. The Balaban J connectivity index is 1.23. The van der Waals surface area contributed by atoms with Crippen LogP contribution in [0.2, 0.25) is 0 Å². The number of benzene rings is 4. The number of amides is 1. The van der Waals surface area contributed by atoms with Gasteiger partial charge in [-0.3, -0.25) is 0 Å². The van der Waals surface area contributed by atoms with Crippen molar-refractivity contribution in [3.05, 3.63) is 144 Å². The molecule has 0 radical (unpaired) electrons. The first-order valence-electron chi connectivity index (χ1n) is 22.3. The van der Waals surface area contributed by atoms with Gasteiger partial charge in [0.2, 0.25) is 0 Å². The second-order valence-corrected chi connectivity index (χ2v) is 16.8. The van der Waals surface area contributed by atoms with E-state index in [1.54, 1.807) is 0 Å². The summed E-state index contributed by atoms with van der Waals surface area (Å²) >= 11 is 0. The highest BCUT2D eigenvalue weighted by molar-refractivity contribution is 5.67. The fraction of sp³-hybridized carbons (Fsp3) is 0.500. The predicted molar refractivity (Wildman–Crippen MR) is 236 cm³/mol. The molecule has 7 rings (SSSR count). The van der Waals surface area contributed by atoms with Gasteiger partial charge in [-0.05, 0) is 36.1 Å².